The van der Waals surface area contributed by atoms with E-state index in [9.17, 15) is 9.90 Å². The Morgan fingerprint density at radius 3 is 2.19 bits per heavy atom. The van der Waals surface area contributed by atoms with E-state index in [-0.39, 0.29) is 11.9 Å². The van der Waals surface area contributed by atoms with Crippen molar-refractivity contribution in [2.24, 2.45) is 5.92 Å². The van der Waals surface area contributed by atoms with Gasteiger partial charge in [-0.15, -0.1) is 0 Å². The first-order valence-electron chi connectivity index (χ1n) is 7.66. The molecule has 21 heavy (non-hydrogen) atoms. The summed E-state index contributed by atoms with van der Waals surface area (Å²) in [5.74, 6) is -1.11. The molecule has 1 unspecified atom stereocenters. The fourth-order valence-corrected chi connectivity index (χ4v) is 2.34. The summed E-state index contributed by atoms with van der Waals surface area (Å²) in [5.41, 5.74) is 1.09. The van der Waals surface area contributed by atoms with Crippen molar-refractivity contribution in [1.82, 2.24) is 0 Å². The molecule has 0 aromatic carbocycles. The van der Waals surface area contributed by atoms with Crippen LogP contribution in [-0.2, 0) is 14.3 Å². The number of nitrogens with zero attached hydrogens (tertiary/aromatic N) is 1. The third kappa shape index (κ3) is 7.16. The number of hydrogen-bond acceptors (Lipinski definition) is 4. The van der Waals surface area contributed by atoms with Crippen LogP contribution in [0.25, 0.3) is 0 Å². The first-order chi connectivity index (χ1) is 9.87. The average Bonchev–Trinajstić information content (AvgIpc) is 2.38. The number of carbonyl (C=O) groups excluding carboxylic acids is 1. The van der Waals surface area contributed by atoms with Crippen LogP contribution in [0, 0.1) is 5.92 Å². The lowest BCUT2D eigenvalue weighted by molar-refractivity contribution is -0.556. The van der Waals surface area contributed by atoms with Crippen LogP contribution in [-0.4, -0.2) is 47.2 Å². The molecule has 5 heteroatoms. The summed E-state index contributed by atoms with van der Waals surface area (Å²) in [6.07, 6.45) is 1.93. The first-order valence-corrected chi connectivity index (χ1v) is 7.66. The van der Waals surface area contributed by atoms with Crippen molar-refractivity contribution in [1.29, 1.82) is 0 Å². The molecule has 0 rings (SSSR count). The Balaban J connectivity index is 5.23. The van der Waals surface area contributed by atoms with Crippen LogP contribution >= 0.6 is 0 Å². The minimum absolute atomic E-state index is 0.226. The standard InChI is InChI=1S/C16H29NO4/c1-7-17(12(4)5)13(6)10-14(16(19)21-9-3)11-15(18)20-8-2/h11-12,14H,7-10H2,1-6H3/p+1/b15-11+,17-13?. The molecule has 122 valence electrons. The summed E-state index contributed by atoms with van der Waals surface area (Å²) in [6.45, 7) is 13.4. The highest BCUT2D eigenvalue weighted by Crippen LogP contribution is 2.13. The molecule has 0 radical (unpaired) electrons. The predicted octanol–water partition coefficient (Wildman–Crippen LogP) is 2.89. The Labute approximate surface area is 128 Å². The van der Waals surface area contributed by atoms with Crippen LogP contribution < -0.4 is 0 Å². The molecule has 0 bridgehead atoms. The minimum Gasteiger partial charge on any atom is -0.481 e. The number of carbonyl (C=O) groups is 1. The van der Waals surface area contributed by atoms with Crippen LogP contribution in [0.2, 0.25) is 0 Å². The van der Waals surface area contributed by atoms with Gasteiger partial charge in [-0.1, -0.05) is 0 Å². The lowest BCUT2D eigenvalue weighted by atomic mass is 10.0. The second kappa shape index (κ2) is 10.2. The molecule has 1 atom stereocenters. The number of rotatable bonds is 9. The van der Waals surface area contributed by atoms with Crippen molar-refractivity contribution in [2.75, 3.05) is 19.8 Å². The zero-order valence-electron chi connectivity index (χ0n) is 14.2. The van der Waals surface area contributed by atoms with E-state index >= 15 is 0 Å². The maximum absolute atomic E-state index is 12.0. The molecule has 1 N–H and O–H groups in total. The third-order valence-electron chi connectivity index (χ3n) is 3.19. The first kappa shape index (κ1) is 19.5. The Bertz CT molecular complexity index is 386. The van der Waals surface area contributed by atoms with Gasteiger partial charge in [0.15, 0.2) is 5.71 Å². The molecule has 0 saturated heterocycles. The van der Waals surface area contributed by atoms with Crippen LogP contribution in [0.5, 0.6) is 0 Å². The summed E-state index contributed by atoms with van der Waals surface area (Å²) in [4.78, 5) is 12.0. The van der Waals surface area contributed by atoms with Gasteiger partial charge in [-0.05, 0) is 34.6 Å². The molecule has 0 heterocycles. The van der Waals surface area contributed by atoms with Crippen molar-refractivity contribution in [2.45, 2.75) is 54.0 Å². The lowest BCUT2D eigenvalue weighted by Crippen LogP contribution is -2.29. The van der Waals surface area contributed by atoms with Gasteiger partial charge in [-0.25, -0.2) is 4.58 Å². The highest BCUT2D eigenvalue weighted by Gasteiger charge is 2.24. The molecule has 0 aliphatic carbocycles. The van der Waals surface area contributed by atoms with E-state index in [0.717, 1.165) is 12.3 Å². The maximum Gasteiger partial charge on any atom is 0.313 e. The van der Waals surface area contributed by atoms with Crippen molar-refractivity contribution < 1.29 is 24.0 Å². The molecular weight excluding hydrogens is 270 g/mol. The normalized spacial score (nSPS) is 14.7. The molecule has 5 nitrogen and oxygen atoms in total. The Kier molecular flexibility index (Phi) is 9.50. The fraction of sp³-hybridized carbons (Fsp3) is 0.750. The van der Waals surface area contributed by atoms with Crippen LogP contribution in [0.3, 0.4) is 0 Å². The van der Waals surface area contributed by atoms with Gasteiger partial charge in [0.25, 0.3) is 5.95 Å². The van der Waals surface area contributed by atoms with E-state index < -0.39 is 5.92 Å². The lowest BCUT2D eigenvalue weighted by Gasteiger charge is -2.14. The molecule has 0 saturated carbocycles. The second-order valence-electron chi connectivity index (χ2n) is 5.12. The van der Waals surface area contributed by atoms with Crippen LogP contribution in [0.15, 0.2) is 12.0 Å². The minimum atomic E-state index is -0.538. The fourth-order valence-electron chi connectivity index (χ4n) is 2.34. The predicted molar refractivity (Wildman–Crippen MR) is 83.7 cm³/mol. The van der Waals surface area contributed by atoms with Crippen molar-refractivity contribution in [3.05, 3.63) is 12.0 Å². The third-order valence-corrected chi connectivity index (χ3v) is 3.19. The quantitative estimate of drug-likeness (QED) is 0.308. The van der Waals surface area contributed by atoms with E-state index in [2.05, 4.69) is 25.3 Å². The van der Waals surface area contributed by atoms with Crippen molar-refractivity contribution >= 4 is 11.7 Å². The van der Waals surface area contributed by atoms with Gasteiger partial charge >= 0.3 is 5.97 Å². The highest BCUT2D eigenvalue weighted by molar-refractivity contribution is 5.84. The maximum atomic E-state index is 12.0. The van der Waals surface area contributed by atoms with Gasteiger partial charge in [0, 0.05) is 19.4 Å². The molecule has 0 fully saturated rings. The number of aliphatic hydroxyl groups excluding tert-OH is 1. The van der Waals surface area contributed by atoms with E-state index in [1.807, 2.05) is 6.92 Å². The summed E-state index contributed by atoms with van der Waals surface area (Å²) in [6, 6.07) is 0.363. The summed E-state index contributed by atoms with van der Waals surface area (Å²) < 4.78 is 12.3. The van der Waals surface area contributed by atoms with Crippen LogP contribution in [0.1, 0.15) is 48.0 Å². The number of aliphatic hydroxyl groups is 1. The Morgan fingerprint density at radius 2 is 1.76 bits per heavy atom. The Hall–Kier alpha value is -1.52. The zero-order chi connectivity index (χ0) is 16.4. The van der Waals surface area contributed by atoms with Gasteiger partial charge in [-0.2, -0.15) is 0 Å². The van der Waals surface area contributed by atoms with Gasteiger partial charge in [0.1, 0.15) is 12.6 Å². The van der Waals surface area contributed by atoms with E-state index in [1.165, 1.54) is 6.08 Å². The average molecular weight is 300 g/mol. The van der Waals surface area contributed by atoms with Gasteiger partial charge in [0.2, 0.25) is 0 Å². The SMILES string of the molecule is CCOC(=O)C(/C=C(\O)OCC)CC(C)=[N+](CC)C(C)C. The number of esters is 1. The molecule has 0 aromatic heterocycles. The van der Waals surface area contributed by atoms with Crippen molar-refractivity contribution in [3.63, 3.8) is 0 Å². The highest BCUT2D eigenvalue weighted by atomic mass is 16.6. The zero-order valence-corrected chi connectivity index (χ0v) is 14.2. The number of hydrogen-bond donors (Lipinski definition) is 1. The van der Waals surface area contributed by atoms with Gasteiger partial charge in [0.05, 0.1) is 19.1 Å². The molecule has 0 amide bonds. The largest absolute Gasteiger partial charge is 0.481 e. The summed E-state index contributed by atoms with van der Waals surface area (Å²) in [7, 11) is 0. The summed E-state index contributed by atoms with van der Waals surface area (Å²) in [5, 5.41) is 9.66. The van der Waals surface area contributed by atoms with E-state index in [1.54, 1.807) is 13.8 Å². The molecule has 0 aliphatic heterocycles. The van der Waals surface area contributed by atoms with E-state index in [4.69, 9.17) is 9.47 Å². The smallest absolute Gasteiger partial charge is 0.313 e. The van der Waals surface area contributed by atoms with Crippen LogP contribution in [0.4, 0.5) is 0 Å². The molecular formula is C16H30NO4+. The summed E-state index contributed by atoms with van der Waals surface area (Å²) >= 11 is 0. The molecule has 0 aliphatic rings. The monoisotopic (exact) mass is 300 g/mol. The van der Waals surface area contributed by atoms with E-state index in [0.29, 0.717) is 25.7 Å². The molecule has 0 spiro atoms. The van der Waals surface area contributed by atoms with Gasteiger partial charge < -0.3 is 14.6 Å². The number of ether oxygens (including phenoxy) is 2. The molecule has 0 aromatic rings. The van der Waals surface area contributed by atoms with Crippen molar-refractivity contribution in [3.8, 4) is 0 Å². The van der Waals surface area contributed by atoms with Gasteiger partial charge in [-0.3, -0.25) is 4.79 Å². The second-order valence-corrected chi connectivity index (χ2v) is 5.12. The topological polar surface area (TPSA) is 58.8 Å². The Morgan fingerprint density at radius 1 is 1.19 bits per heavy atom.